The highest BCUT2D eigenvalue weighted by atomic mass is 32.1. The molecule has 2 rings (SSSR count). The summed E-state index contributed by atoms with van der Waals surface area (Å²) in [5.41, 5.74) is 0.390. The van der Waals surface area contributed by atoms with Crippen LogP contribution in [-0.4, -0.2) is 37.9 Å². The van der Waals surface area contributed by atoms with Crippen molar-refractivity contribution in [1.82, 2.24) is 5.32 Å². The molecule has 0 aliphatic rings. The molecule has 25 heavy (non-hydrogen) atoms. The number of aryl methyl sites for hydroxylation is 1. The molecule has 0 aliphatic carbocycles. The molecule has 1 N–H and O–H groups in total. The second-order valence-electron chi connectivity index (χ2n) is 5.20. The highest BCUT2D eigenvalue weighted by Gasteiger charge is 2.14. The van der Waals surface area contributed by atoms with Gasteiger partial charge in [-0.3, -0.25) is 14.4 Å². The van der Waals surface area contributed by atoms with Crippen LogP contribution in [0.5, 0.6) is 5.75 Å². The van der Waals surface area contributed by atoms with E-state index in [1.807, 2.05) is 13.0 Å². The fourth-order valence-corrected chi connectivity index (χ4v) is 2.87. The van der Waals surface area contributed by atoms with Gasteiger partial charge in [-0.05, 0) is 31.2 Å². The molecular formula is C18H19NO5S. The summed E-state index contributed by atoms with van der Waals surface area (Å²) < 4.78 is 10.1. The lowest BCUT2D eigenvalue weighted by atomic mass is 10.2. The summed E-state index contributed by atoms with van der Waals surface area (Å²) in [6.45, 7) is 1.72. The van der Waals surface area contributed by atoms with E-state index in [1.54, 1.807) is 30.3 Å². The summed E-state index contributed by atoms with van der Waals surface area (Å²) in [6, 6.07) is 10.4. The number of hydrogen-bond donors (Lipinski definition) is 1. The van der Waals surface area contributed by atoms with Crippen LogP contribution in [0, 0.1) is 6.92 Å². The predicted molar refractivity (Wildman–Crippen MR) is 94.3 cm³/mol. The molecule has 2 aromatic rings. The number of para-hydroxylation sites is 1. The fraction of sp³-hybridized carbons (Fsp3) is 0.278. The van der Waals surface area contributed by atoms with Gasteiger partial charge in [-0.1, -0.05) is 12.1 Å². The molecule has 1 amide bonds. The van der Waals surface area contributed by atoms with Gasteiger partial charge in [-0.25, -0.2) is 0 Å². The number of carbonyl (C=O) groups is 3. The molecule has 0 aliphatic heterocycles. The van der Waals surface area contributed by atoms with Crippen LogP contribution in [-0.2, 0) is 9.53 Å². The zero-order chi connectivity index (χ0) is 18.2. The molecule has 0 atom stereocenters. The highest BCUT2D eigenvalue weighted by molar-refractivity contribution is 7.14. The second-order valence-corrected chi connectivity index (χ2v) is 6.49. The van der Waals surface area contributed by atoms with Gasteiger partial charge in [0.25, 0.3) is 5.91 Å². The van der Waals surface area contributed by atoms with E-state index in [0.717, 1.165) is 4.88 Å². The number of ether oxygens (including phenoxy) is 2. The Bertz CT molecular complexity index is 768. The first-order valence-electron chi connectivity index (χ1n) is 7.67. The van der Waals surface area contributed by atoms with Crippen molar-refractivity contribution in [2.75, 3.05) is 20.3 Å². The van der Waals surface area contributed by atoms with Gasteiger partial charge in [-0.15, -0.1) is 11.3 Å². The third-order valence-electron chi connectivity index (χ3n) is 3.35. The van der Waals surface area contributed by atoms with Gasteiger partial charge in [0.1, 0.15) is 5.75 Å². The number of benzene rings is 1. The largest absolute Gasteiger partial charge is 0.496 e. The van der Waals surface area contributed by atoms with Crippen LogP contribution >= 0.6 is 11.3 Å². The lowest BCUT2D eigenvalue weighted by Crippen LogP contribution is -2.27. The average Bonchev–Trinajstić information content (AvgIpc) is 3.06. The minimum Gasteiger partial charge on any atom is -0.496 e. The Morgan fingerprint density at radius 3 is 2.56 bits per heavy atom. The molecule has 0 radical (unpaired) electrons. The molecule has 0 saturated heterocycles. The zero-order valence-electron chi connectivity index (χ0n) is 14.0. The topological polar surface area (TPSA) is 81.7 Å². The molecule has 0 bridgehead atoms. The standard InChI is InChI=1S/C18H19NO5S/c1-12-7-8-16(25-12)14(20)11-24-17(21)9-10-19-18(22)13-5-3-4-6-15(13)23-2/h3-8H,9-11H2,1-2H3,(H,19,22). The Morgan fingerprint density at radius 1 is 1.12 bits per heavy atom. The fourth-order valence-electron chi connectivity index (χ4n) is 2.08. The van der Waals surface area contributed by atoms with E-state index >= 15 is 0 Å². The van der Waals surface area contributed by atoms with Crippen LogP contribution in [0.15, 0.2) is 36.4 Å². The van der Waals surface area contributed by atoms with Gasteiger partial charge in [0.05, 0.1) is 24.0 Å². The smallest absolute Gasteiger partial charge is 0.308 e. The van der Waals surface area contributed by atoms with Gasteiger partial charge in [-0.2, -0.15) is 0 Å². The number of carbonyl (C=O) groups excluding carboxylic acids is 3. The van der Waals surface area contributed by atoms with Crippen molar-refractivity contribution in [2.24, 2.45) is 0 Å². The van der Waals surface area contributed by atoms with Gasteiger partial charge < -0.3 is 14.8 Å². The van der Waals surface area contributed by atoms with E-state index in [-0.39, 0.29) is 31.3 Å². The first-order chi connectivity index (χ1) is 12.0. The van der Waals surface area contributed by atoms with Crippen molar-refractivity contribution in [3.05, 3.63) is 51.7 Å². The number of nitrogens with one attached hydrogen (secondary N) is 1. The molecule has 7 heteroatoms. The van der Waals surface area contributed by atoms with Crippen molar-refractivity contribution in [1.29, 1.82) is 0 Å². The number of ketones is 1. The van der Waals surface area contributed by atoms with E-state index in [9.17, 15) is 14.4 Å². The van der Waals surface area contributed by atoms with Crippen LogP contribution in [0.4, 0.5) is 0 Å². The number of rotatable bonds is 8. The zero-order valence-corrected chi connectivity index (χ0v) is 14.9. The molecule has 1 heterocycles. The Balaban J connectivity index is 1.73. The third-order valence-corrected chi connectivity index (χ3v) is 4.39. The van der Waals surface area contributed by atoms with Crippen LogP contribution in [0.1, 0.15) is 31.3 Å². The molecule has 0 fully saturated rings. The molecule has 6 nitrogen and oxygen atoms in total. The number of methoxy groups -OCH3 is 1. The van der Waals surface area contributed by atoms with Gasteiger partial charge in [0.2, 0.25) is 5.78 Å². The predicted octanol–water partition coefficient (Wildman–Crippen LogP) is 2.61. The molecular weight excluding hydrogens is 342 g/mol. The van der Waals surface area contributed by atoms with E-state index < -0.39 is 5.97 Å². The van der Waals surface area contributed by atoms with E-state index in [1.165, 1.54) is 18.4 Å². The maximum atomic E-state index is 12.1. The first kappa shape index (κ1) is 18.7. The monoisotopic (exact) mass is 361 g/mol. The molecule has 1 aromatic heterocycles. The summed E-state index contributed by atoms with van der Waals surface area (Å²) in [7, 11) is 1.48. The molecule has 132 valence electrons. The normalized spacial score (nSPS) is 10.2. The first-order valence-corrected chi connectivity index (χ1v) is 8.49. The molecule has 0 saturated carbocycles. The molecule has 1 aromatic carbocycles. The average molecular weight is 361 g/mol. The Hall–Kier alpha value is -2.67. The summed E-state index contributed by atoms with van der Waals surface area (Å²) >= 11 is 1.36. The Kier molecular flexibility index (Phi) is 6.71. The molecule has 0 spiro atoms. The third kappa shape index (κ3) is 5.42. The van der Waals surface area contributed by atoms with Crippen LogP contribution < -0.4 is 10.1 Å². The summed E-state index contributed by atoms with van der Waals surface area (Å²) in [5.74, 6) is -0.652. The number of amides is 1. The Labute approximate surface area is 149 Å². The van der Waals surface area contributed by atoms with Crippen molar-refractivity contribution < 1.29 is 23.9 Å². The van der Waals surface area contributed by atoms with E-state index in [4.69, 9.17) is 9.47 Å². The summed E-state index contributed by atoms with van der Waals surface area (Å²) in [5, 5.41) is 2.62. The second kappa shape index (κ2) is 8.98. The number of thiophene rings is 1. The number of hydrogen-bond acceptors (Lipinski definition) is 6. The lowest BCUT2D eigenvalue weighted by molar-refractivity contribution is -0.142. The maximum Gasteiger partial charge on any atom is 0.308 e. The van der Waals surface area contributed by atoms with Gasteiger partial charge >= 0.3 is 5.97 Å². The van der Waals surface area contributed by atoms with Crippen LogP contribution in [0.3, 0.4) is 0 Å². The van der Waals surface area contributed by atoms with Crippen molar-refractivity contribution in [3.63, 3.8) is 0 Å². The maximum absolute atomic E-state index is 12.1. The van der Waals surface area contributed by atoms with Crippen molar-refractivity contribution in [3.8, 4) is 5.75 Å². The summed E-state index contributed by atoms with van der Waals surface area (Å²) in [6.07, 6.45) is -0.0162. The SMILES string of the molecule is COc1ccccc1C(=O)NCCC(=O)OCC(=O)c1ccc(C)s1. The van der Waals surface area contributed by atoms with Crippen LogP contribution in [0.2, 0.25) is 0 Å². The molecule has 0 unspecified atom stereocenters. The van der Waals surface area contributed by atoms with Crippen molar-refractivity contribution >= 4 is 29.0 Å². The number of esters is 1. The lowest BCUT2D eigenvalue weighted by Gasteiger charge is -2.09. The minimum absolute atomic E-state index is 0.0162. The summed E-state index contributed by atoms with van der Waals surface area (Å²) in [4.78, 5) is 37.2. The quantitative estimate of drug-likeness (QED) is 0.577. The highest BCUT2D eigenvalue weighted by Crippen LogP contribution is 2.17. The van der Waals surface area contributed by atoms with Gasteiger partial charge in [0.15, 0.2) is 6.61 Å². The van der Waals surface area contributed by atoms with Crippen LogP contribution in [0.25, 0.3) is 0 Å². The number of Topliss-reactive ketones (excluding diaryl/α,β-unsaturated/α-hetero) is 1. The van der Waals surface area contributed by atoms with Gasteiger partial charge in [0, 0.05) is 11.4 Å². The van der Waals surface area contributed by atoms with E-state index in [2.05, 4.69) is 5.32 Å². The van der Waals surface area contributed by atoms with Crippen molar-refractivity contribution in [2.45, 2.75) is 13.3 Å². The minimum atomic E-state index is -0.540. The Morgan fingerprint density at radius 2 is 1.88 bits per heavy atom. The van der Waals surface area contributed by atoms with E-state index in [0.29, 0.717) is 16.2 Å².